The molecule has 2 N–H and O–H groups in total. The quantitative estimate of drug-likeness (QED) is 0.502. The number of nitrogen functional groups attached to an aromatic ring is 1. The molecule has 92 valence electrons. The van der Waals surface area contributed by atoms with Gasteiger partial charge in [-0.25, -0.2) is 0 Å². The van der Waals surface area contributed by atoms with Crippen molar-refractivity contribution in [2.75, 3.05) is 5.73 Å². The van der Waals surface area contributed by atoms with E-state index in [4.69, 9.17) is 5.73 Å². The summed E-state index contributed by atoms with van der Waals surface area (Å²) >= 11 is 0. The fraction of sp³-hybridized carbons (Fsp3) is 0.0833. The van der Waals surface area contributed by atoms with Gasteiger partial charge < -0.3 is 10.3 Å². The summed E-state index contributed by atoms with van der Waals surface area (Å²) in [6, 6.07) is 8.97. The van der Waals surface area contributed by atoms with Crippen LogP contribution in [0.1, 0.15) is 5.56 Å². The minimum atomic E-state index is -0.489. The second kappa shape index (κ2) is 4.70. The number of nitrogens with two attached hydrogens (primary N) is 1. The zero-order chi connectivity index (χ0) is 13.1. The maximum absolute atomic E-state index is 11.5. The number of hydrogen-bond acceptors (Lipinski definition) is 4. The van der Waals surface area contributed by atoms with E-state index in [2.05, 4.69) is 0 Å². The van der Waals surface area contributed by atoms with Crippen molar-refractivity contribution in [3.63, 3.8) is 0 Å². The zero-order valence-corrected chi connectivity index (χ0v) is 9.45. The molecule has 0 spiro atoms. The zero-order valence-electron chi connectivity index (χ0n) is 9.45. The van der Waals surface area contributed by atoms with Gasteiger partial charge in [0, 0.05) is 35.6 Å². The Kier molecular flexibility index (Phi) is 3.09. The summed E-state index contributed by atoms with van der Waals surface area (Å²) < 4.78 is 1.44. The van der Waals surface area contributed by atoms with E-state index in [0.29, 0.717) is 11.3 Å². The van der Waals surface area contributed by atoms with E-state index < -0.39 is 4.92 Å². The number of nitro groups is 1. The van der Waals surface area contributed by atoms with Gasteiger partial charge >= 0.3 is 0 Å². The van der Waals surface area contributed by atoms with Gasteiger partial charge in [0.2, 0.25) is 0 Å². The van der Waals surface area contributed by atoms with E-state index in [-0.39, 0.29) is 17.8 Å². The molecular formula is C12H11N3O3. The monoisotopic (exact) mass is 245 g/mol. The predicted octanol–water partition coefficient (Wildman–Crippen LogP) is 1.39. The van der Waals surface area contributed by atoms with E-state index in [1.807, 2.05) is 0 Å². The average molecular weight is 245 g/mol. The summed E-state index contributed by atoms with van der Waals surface area (Å²) in [6.07, 6.45) is 1.61. The van der Waals surface area contributed by atoms with E-state index in [1.54, 1.807) is 18.3 Å². The minimum Gasteiger partial charge on any atom is -0.398 e. The van der Waals surface area contributed by atoms with Crippen molar-refractivity contribution in [2.24, 2.45) is 0 Å². The van der Waals surface area contributed by atoms with Crippen molar-refractivity contribution in [3.8, 4) is 0 Å². The van der Waals surface area contributed by atoms with Crippen molar-refractivity contribution in [1.82, 2.24) is 4.57 Å². The molecule has 0 amide bonds. The highest BCUT2D eigenvalue weighted by molar-refractivity contribution is 5.52. The van der Waals surface area contributed by atoms with Crippen LogP contribution >= 0.6 is 0 Å². The van der Waals surface area contributed by atoms with Crippen molar-refractivity contribution in [3.05, 3.63) is 68.6 Å². The van der Waals surface area contributed by atoms with Crippen LogP contribution in [0.25, 0.3) is 0 Å². The Hall–Kier alpha value is -2.63. The van der Waals surface area contributed by atoms with Crippen LogP contribution in [-0.4, -0.2) is 9.49 Å². The third-order valence-electron chi connectivity index (χ3n) is 2.58. The van der Waals surface area contributed by atoms with Crippen LogP contribution in [0.5, 0.6) is 0 Å². The molecule has 0 aliphatic carbocycles. The van der Waals surface area contributed by atoms with E-state index in [1.165, 1.54) is 28.8 Å². The lowest BCUT2D eigenvalue weighted by Crippen LogP contribution is -2.18. The molecule has 1 heterocycles. The fourth-order valence-corrected chi connectivity index (χ4v) is 1.62. The van der Waals surface area contributed by atoms with Gasteiger partial charge in [-0.3, -0.25) is 14.9 Å². The Morgan fingerprint density at radius 1 is 1.28 bits per heavy atom. The van der Waals surface area contributed by atoms with Crippen molar-refractivity contribution in [1.29, 1.82) is 0 Å². The Balaban J connectivity index is 2.40. The molecule has 0 atom stereocenters. The molecule has 0 aliphatic heterocycles. The molecule has 0 saturated heterocycles. The number of aromatic nitrogens is 1. The topological polar surface area (TPSA) is 91.2 Å². The van der Waals surface area contributed by atoms with Crippen LogP contribution in [-0.2, 0) is 6.54 Å². The van der Waals surface area contributed by atoms with Gasteiger partial charge in [0.1, 0.15) is 0 Å². The van der Waals surface area contributed by atoms with Gasteiger partial charge in [0.15, 0.2) is 0 Å². The third-order valence-corrected chi connectivity index (χ3v) is 2.58. The number of hydrogen-bond donors (Lipinski definition) is 1. The van der Waals surface area contributed by atoms with Crippen molar-refractivity contribution in [2.45, 2.75) is 6.54 Å². The van der Waals surface area contributed by atoms with E-state index in [0.717, 1.165) is 0 Å². The second-order valence-electron chi connectivity index (χ2n) is 3.81. The Bertz CT molecular complexity index is 649. The van der Waals surface area contributed by atoms with Crippen LogP contribution in [0, 0.1) is 10.1 Å². The van der Waals surface area contributed by atoms with Crippen LogP contribution in [0.4, 0.5) is 11.4 Å². The van der Waals surface area contributed by atoms with Crippen molar-refractivity contribution >= 4 is 11.4 Å². The maximum atomic E-state index is 11.5. The van der Waals surface area contributed by atoms with Crippen molar-refractivity contribution < 1.29 is 4.92 Å². The summed E-state index contributed by atoms with van der Waals surface area (Å²) in [7, 11) is 0. The van der Waals surface area contributed by atoms with Gasteiger partial charge in [-0.05, 0) is 12.1 Å². The van der Waals surface area contributed by atoms with Crippen LogP contribution in [0.2, 0.25) is 0 Å². The number of anilines is 1. The lowest BCUT2D eigenvalue weighted by atomic mass is 10.1. The molecule has 2 aromatic rings. The summed E-state index contributed by atoms with van der Waals surface area (Å²) in [5, 5.41) is 10.7. The second-order valence-corrected chi connectivity index (χ2v) is 3.81. The molecule has 0 radical (unpaired) electrons. The lowest BCUT2D eigenvalue weighted by molar-refractivity contribution is -0.384. The minimum absolute atomic E-state index is 0.0387. The molecular weight excluding hydrogens is 234 g/mol. The van der Waals surface area contributed by atoms with E-state index in [9.17, 15) is 14.9 Å². The number of nitro benzene ring substituents is 1. The van der Waals surface area contributed by atoms with Gasteiger partial charge in [0.05, 0.1) is 11.5 Å². The van der Waals surface area contributed by atoms with Crippen LogP contribution in [0.3, 0.4) is 0 Å². The predicted molar refractivity (Wildman–Crippen MR) is 67.3 cm³/mol. The first-order chi connectivity index (χ1) is 8.58. The van der Waals surface area contributed by atoms with Crippen LogP contribution < -0.4 is 11.3 Å². The fourth-order valence-electron chi connectivity index (χ4n) is 1.62. The summed E-state index contributed by atoms with van der Waals surface area (Å²) in [5.74, 6) is 0. The summed E-state index contributed by atoms with van der Waals surface area (Å²) in [6.45, 7) is 0.215. The number of rotatable bonds is 3. The number of nitrogens with zero attached hydrogens (tertiary/aromatic N) is 2. The SMILES string of the molecule is Nc1ccc([N+](=O)[O-])cc1Cn1ccccc1=O. The lowest BCUT2D eigenvalue weighted by Gasteiger charge is -2.07. The Morgan fingerprint density at radius 2 is 2.06 bits per heavy atom. The average Bonchev–Trinajstić information content (AvgIpc) is 2.34. The van der Waals surface area contributed by atoms with Gasteiger partial charge in [-0.1, -0.05) is 6.07 Å². The number of benzene rings is 1. The first kappa shape index (κ1) is 11.8. The highest BCUT2D eigenvalue weighted by Gasteiger charge is 2.09. The standard InChI is InChI=1S/C12H11N3O3/c13-11-5-4-10(15(17)18)7-9(11)8-14-6-2-1-3-12(14)16/h1-7H,8,13H2. The largest absolute Gasteiger partial charge is 0.398 e. The Morgan fingerprint density at radius 3 is 2.72 bits per heavy atom. The first-order valence-corrected chi connectivity index (χ1v) is 5.26. The van der Waals surface area contributed by atoms with Gasteiger partial charge in [-0.15, -0.1) is 0 Å². The Labute approximate surface area is 102 Å². The molecule has 0 aliphatic rings. The molecule has 0 unspecified atom stereocenters. The number of non-ortho nitro benzene ring substituents is 1. The molecule has 6 nitrogen and oxygen atoms in total. The van der Waals surface area contributed by atoms with Crippen LogP contribution in [0.15, 0.2) is 47.4 Å². The molecule has 0 bridgehead atoms. The smallest absolute Gasteiger partial charge is 0.269 e. The molecule has 18 heavy (non-hydrogen) atoms. The first-order valence-electron chi connectivity index (χ1n) is 5.26. The molecule has 2 rings (SSSR count). The highest BCUT2D eigenvalue weighted by Crippen LogP contribution is 2.20. The highest BCUT2D eigenvalue weighted by atomic mass is 16.6. The maximum Gasteiger partial charge on any atom is 0.269 e. The molecule has 1 aromatic carbocycles. The molecule has 1 aromatic heterocycles. The summed E-state index contributed by atoms with van der Waals surface area (Å²) in [5.41, 5.74) is 6.51. The molecule has 6 heteroatoms. The van der Waals surface area contributed by atoms with Gasteiger partial charge in [-0.2, -0.15) is 0 Å². The summed E-state index contributed by atoms with van der Waals surface area (Å²) in [4.78, 5) is 21.7. The number of pyridine rings is 1. The normalized spacial score (nSPS) is 10.2. The third kappa shape index (κ3) is 2.37. The molecule has 0 saturated carbocycles. The van der Waals surface area contributed by atoms with Gasteiger partial charge in [0.25, 0.3) is 11.2 Å². The molecule has 0 fully saturated rings. The van der Waals surface area contributed by atoms with E-state index >= 15 is 0 Å².